The number of nitrogens with zero attached hydrogens (tertiary/aromatic N) is 3. The van der Waals surface area contributed by atoms with Crippen molar-refractivity contribution in [3.63, 3.8) is 0 Å². The normalized spacial score (nSPS) is 17.7. The number of hydrogen-bond acceptors (Lipinski definition) is 6. The van der Waals surface area contributed by atoms with Gasteiger partial charge >= 0.3 is 0 Å². The number of aliphatic hydroxyl groups is 1. The van der Waals surface area contributed by atoms with Crippen LogP contribution >= 0.6 is 0 Å². The molecule has 0 bridgehead atoms. The van der Waals surface area contributed by atoms with Gasteiger partial charge in [-0.3, -0.25) is 24.7 Å². The first-order valence-corrected chi connectivity index (χ1v) is 7.64. The van der Waals surface area contributed by atoms with Crippen molar-refractivity contribution in [1.82, 2.24) is 9.80 Å². The summed E-state index contributed by atoms with van der Waals surface area (Å²) in [5, 5.41) is 22.6. The van der Waals surface area contributed by atoms with Gasteiger partial charge in [-0.05, 0) is 13.0 Å². The first-order valence-electron chi connectivity index (χ1n) is 7.64. The van der Waals surface area contributed by atoms with Crippen LogP contribution in [0.5, 0.6) is 0 Å². The van der Waals surface area contributed by atoms with Gasteiger partial charge in [0.15, 0.2) is 0 Å². The van der Waals surface area contributed by atoms with E-state index in [-0.39, 0.29) is 29.9 Å². The maximum absolute atomic E-state index is 12.4. The van der Waals surface area contributed by atoms with Crippen LogP contribution < -0.4 is 5.32 Å². The molecule has 0 saturated carbocycles. The predicted octanol–water partition coefficient (Wildman–Crippen LogP) is 0.532. The van der Waals surface area contributed by atoms with Crippen molar-refractivity contribution >= 4 is 17.3 Å². The van der Waals surface area contributed by atoms with Crippen LogP contribution in [0.4, 0.5) is 11.4 Å². The molecular weight excluding hydrogens is 300 g/mol. The standard InChI is InChI=1S/C15H22N4O4/c1-12(18-8-6-17(7-9-18)10-11-20)15(21)16-13-4-2-3-5-14(13)19(22)23/h2-5,12,20H,6-11H2,1H3,(H,16,21). The summed E-state index contributed by atoms with van der Waals surface area (Å²) in [5.41, 5.74) is 0.106. The summed E-state index contributed by atoms with van der Waals surface area (Å²) in [7, 11) is 0. The third-order valence-corrected chi connectivity index (χ3v) is 4.11. The molecule has 0 aliphatic carbocycles. The summed E-state index contributed by atoms with van der Waals surface area (Å²) in [4.78, 5) is 27.0. The third-order valence-electron chi connectivity index (χ3n) is 4.11. The molecule has 8 heteroatoms. The Kier molecular flexibility index (Phi) is 6.03. The Labute approximate surface area is 134 Å². The molecule has 0 spiro atoms. The first-order chi connectivity index (χ1) is 11.0. The second-order valence-corrected chi connectivity index (χ2v) is 5.54. The Hall–Kier alpha value is -2.03. The molecule has 0 radical (unpaired) electrons. The van der Waals surface area contributed by atoms with Crippen molar-refractivity contribution < 1.29 is 14.8 Å². The second kappa shape index (κ2) is 8.00. The van der Waals surface area contributed by atoms with Gasteiger partial charge in [-0.2, -0.15) is 0 Å². The zero-order valence-corrected chi connectivity index (χ0v) is 13.1. The number of β-amino-alcohol motifs (C(OH)–C–C–N with tert-alkyl or cyclic N) is 1. The molecule has 1 atom stereocenters. The molecule has 2 rings (SSSR count). The number of aliphatic hydroxyl groups excluding tert-OH is 1. The van der Waals surface area contributed by atoms with Crippen molar-refractivity contribution in [2.45, 2.75) is 13.0 Å². The molecule has 2 N–H and O–H groups in total. The molecule has 1 aromatic carbocycles. The summed E-state index contributed by atoms with van der Waals surface area (Å²) < 4.78 is 0. The number of nitro benzene ring substituents is 1. The number of carbonyl (C=O) groups is 1. The maximum Gasteiger partial charge on any atom is 0.292 e. The van der Waals surface area contributed by atoms with Gasteiger partial charge in [-0.1, -0.05) is 12.1 Å². The number of para-hydroxylation sites is 2. The topological polar surface area (TPSA) is 98.9 Å². The summed E-state index contributed by atoms with van der Waals surface area (Å²) >= 11 is 0. The zero-order valence-electron chi connectivity index (χ0n) is 13.1. The molecule has 1 aliphatic heterocycles. The van der Waals surface area contributed by atoms with E-state index in [0.29, 0.717) is 6.54 Å². The van der Waals surface area contributed by atoms with Gasteiger partial charge in [0, 0.05) is 38.8 Å². The quantitative estimate of drug-likeness (QED) is 0.585. The lowest BCUT2D eigenvalue weighted by molar-refractivity contribution is -0.383. The highest BCUT2D eigenvalue weighted by Crippen LogP contribution is 2.23. The van der Waals surface area contributed by atoms with Crippen molar-refractivity contribution in [2.24, 2.45) is 0 Å². The van der Waals surface area contributed by atoms with Gasteiger partial charge in [-0.15, -0.1) is 0 Å². The van der Waals surface area contributed by atoms with E-state index in [2.05, 4.69) is 10.2 Å². The fraction of sp³-hybridized carbons (Fsp3) is 0.533. The molecule has 23 heavy (non-hydrogen) atoms. The summed E-state index contributed by atoms with van der Waals surface area (Å²) in [5.74, 6) is -0.255. The van der Waals surface area contributed by atoms with E-state index in [4.69, 9.17) is 5.11 Å². The molecule has 1 aromatic rings. The van der Waals surface area contributed by atoms with E-state index in [1.165, 1.54) is 12.1 Å². The van der Waals surface area contributed by atoms with E-state index in [0.717, 1.165) is 26.2 Å². The zero-order chi connectivity index (χ0) is 16.8. The number of nitro groups is 1. The fourth-order valence-corrected chi connectivity index (χ4v) is 2.66. The number of carbonyl (C=O) groups excluding carboxylic acids is 1. The molecule has 126 valence electrons. The van der Waals surface area contributed by atoms with Gasteiger partial charge in [0.25, 0.3) is 5.69 Å². The molecule has 1 saturated heterocycles. The average molecular weight is 322 g/mol. The Morgan fingerprint density at radius 1 is 1.35 bits per heavy atom. The second-order valence-electron chi connectivity index (χ2n) is 5.54. The summed E-state index contributed by atoms with van der Waals surface area (Å²) in [6.45, 7) is 5.62. The Balaban J connectivity index is 1.95. The highest BCUT2D eigenvalue weighted by molar-refractivity contribution is 5.96. The smallest absolute Gasteiger partial charge is 0.292 e. The van der Waals surface area contributed by atoms with E-state index >= 15 is 0 Å². The van der Waals surface area contributed by atoms with Gasteiger partial charge in [-0.25, -0.2) is 0 Å². The monoisotopic (exact) mass is 322 g/mol. The minimum Gasteiger partial charge on any atom is -0.395 e. The molecule has 1 amide bonds. The predicted molar refractivity (Wildman–Crippen MR) is 86.3 cm³/mol. The summed E-state index contributed by atoms with van der Waals surface area (Å²) in [6.07, 6.45) is 0. The number of rotatable bonds is 6. The van der Waals surface area contributed by atoms with Gasteiger partial charge < -0.3 is 10.4 Å². The van der Waals surface area contributed by atoms with Crippen LogP contribution in [0, 0.1) is 10.1 Å². The minimum absolute atomic E-state index is 0.110. The molecule has 1 fully saturated rings. The minimum atomic E-state index is -0.506. The molecule has 1 unspecified atom stereocenters. The van der Waals surface area contributed by atoms with Gasteiger partial charge in [0.2, 0.25) is 5.91 Å². The number of hydrogen-bond donors (Lipinski definition) is 2. The van der Waals surface area contributed by atoms with Crippen LogP contribution in [-0.4, -0.2) is 71.1 Å². The van der Waals surface area contributed by atoms with E-state index in [1.807, 2.05) is 4.90 Å². The highest BCUT2D eigenvalue weighted by atomic mass is 16.6. The van der Waals surface area contributed by atoms with E-state index in [9.17, 15) is 14.9 Å². The average Bonchev–Trinajstić information content (AvgIpc) is 2.55. The molecule has 8 nitrogen and oxygen atoms in total. The van der Waals surface area contributed by atoms with E-state index < -0.39 is 4.92 Å². The Morgan fingerprint density at radius 3 is 2.61 bits per heavy atom. The van der Waals surface area contributed by atoms with Crippen molar-refractivity contribution in [1.29, 1.82) is 0 Å². The Bertz CT molecular complexity index is 558. The number of nitrogens with one attached hydrogen (secondary N) is 1. The highest BCUT2D eigenvalue weighted by Gasteiger charge is 2.26. The maximum atomic E-state index is 12.4. The van der Waals surface area contributed by atoms with E-state index in [1.54, 1.807) is 19.1 Å². The Morgan fingerprint density at radius 2 is 2.00 bits per heavy atom. The number of benzene rings is 1. The number of amides is 1. The third kappa shape index (κ3) is 4.47. The SMILES string of the molecule is CC(C(=O)Nc1ccccc1[N+](=O)[O-])N1CCN(CCO)CC1. The lowest BCUT2D eigenvalue weighted by Gasteiger charge is -2.37. The van der Waals surface area contributed by atoms with Crippen LogP contribution in [0.25, 0.3) is 0 Å². The van der Waals surface area contributed by atoms with Gasteiger partial charge in [0.1, 0.15) is 5.69 Å². The van der Waals surface area contributed by atoms with Crippen molar-refractivity contribution in [3.8, 4) is 0 Å². The molecule has 1 heterocycles. The van der Waals surface area contributed by atoms with Crippen LogP contribution in [-0.2, 0) is 4.79 Å². The van der Waals surface area contributed by atoms with Crippen LogP contribution in [0.1, 0.15) is 6.92 Å². The van der Waals surface area contributed by atoms with Crippen molar-refractivity contribution in [3.05, 3.63) is 34.4 Å². The largest absolute Gasteiger partial charge is 0.395 e. The number of piperazine rings is 1. The lowest BCUT2D eigenvalue weighted by Crippen LogP contribution is -2.53. The van der Waals surface area contributed by atoms with Crippen LogP contribution in [0.3, 0.4) is 0 Å². The van der Waals surface area contributed by atoms with Crippen molar-refractivity contribution in [2.75, 3.05) is 44.6 Å². The molecule has 1 aliphatic rings. The van der Waals surface area contributed by atoms with Gasteiger partial charge in [0.05, 0.1) is 17.6 Å². The molecular formula is C15H22N4O4. The lowest BCUT2D eigenvalue weighted by atomic mass is 10.2. The van der Waals surface area contributed by atoms with Crippen LogP contribution in [0.15, 0.2) is 24.3 Å². The first kappa shape index (κ1) is 17.3. The summed E-state index contributed by atoms with van der Waals surface area (Å²) in [6, 6.07) is 5.75. The van der Waals surface area contributed by atoms with Crippen LogP contribution in [0.2, 0.25) is 0 Å². The fourth-order valence-electron chi connectivity index (χ4n) is 2.66. The number of anilines is 1. The molecule has 0 aromatic heterocycles.